The third-order valence-electron chi connectivity index (χ3n) is 4.85. The molecule has 4 rings (SSSR count). The first kappa shape index (κ1) is 13.9. The highest BCUT2D eigenvalue weighted by Gasteiger charge is 2.46. The third kappa shape index (κ3) is 1.98. The Morgan fingerprint density at radius 3 is 2.64 bits per heavy atom. The fourth-order valence-electron chi connectivity index (χ4n) is 3.73. The Balaban J connectivity index is 1.79. The molecule has 0 radical (unpaired) electrons. The van der Waals surface area contributed by atoms with Gasteiger partial charge in [-0.1, -0.05) is 24.8 Å². The smallest absolute Gasteiger partial charge is 0.188 e. The zero-order valence-corrected chi connectivity index (χ0v) is 12.8. The molecule has 0 aromatic heterocycles. The number of rotatable bonds is 1. The number of hydrogen-bond acceptors (Lipinski definition) is 4. The van der Waals surface area contributed by atoms with Crippen LogP contribution in [0, 0.1) is 0 Å². The molecule has 1 fully saturated rings. The van der Waals surface area contributed by atoms with Crippen molar-refractivity contribution in [1.29, 1.82) is 0 Å². The lowest BCUT2D eigenvalue weighted by Gasteiger charge is -2.42. The average Bonchev–Trinajstić information content (AvgIpc) is 2.99. The molecule has 1 aromatic rings. The van der Waals surface area contributed by atoms with Crippen molar-refractivity contribution >= 4 is 0 Å². The number of hydrogen-bond donors (Lipinski definition) is 0. The van der Waals surface area contributed by atoms with Gasteiger partial charge in [-0.25, -0.2) is 0 Å². The Hall–Kier alpha value is -1.78. The highest BCUT2D eigenvalue weighted by Crippen LogP contribution is 2.52. The van der Waals surface area contributed by atoms with E-state index in [0.29, 0.717) is 13.2 Å². The lowest BCUT2D eigenvalue weighted by atomic mass is 9.68. The first-order valence-electron chi connectivity index (χ1n) is 7.68. The van der Waals surface area contributed by atoms with Crippen LogP contribution in [0.1, 0.15) is 24.8 Å². The number of methoxy groups -OCH3 is 1. The van der Waals surface area contributed by atoms with E-state index in [1.165, 1.54) is 0 Å². The van der Waals surface area contributed by atoms with Gasteiger partial charge in [0.1, 0.15) is 0 Å². The van der Waals surface area contributed by atoms with Gasteiger partial charge in [0.15, 0.2) is 17.3 Å². The first-order valence-corrected chi connectivity index (χ1v) is 7.68. The molecule has 0 saturated carbocycles. The van der Waals surface area contributed by atoms with Gasteiger partial charge in [0.2, 0.25) is 0 Å². The highest BCUT2D eigenvalue weighted by atomic mass is 16.7. The van der Waals surface area contributed by atoms with Gasteiger partial charge in [0, 0.05) is 23.8 Å². The average molecular weight is 300 g/mol. The zero-order valence-electron chi connectivity index (χ0n) is 12.8. The van der Waals surface area contributed by atoms with E-state index >= 15 is 0 Å². The van der Waals surface area contributed by atoms with Crippen molar-refractivity contribution in [2.75, 3.05) is 20.3 Å². The molecule has 4 heteroatoms. The summed E-state index contributed by atoms with van der Waals surface area (Å²) in [4.78, 5) is 0. The van der Waals surface area contributed by atoms with Crippen molar-refractivity contribution < 1.29 is 18.9 Å². The predicted molar refractivity (Wildman–Crippen MR) is 82.1 cm³/mol. The van der Waals surface area contributed by atoms with Gasteiger partial charge in [0.25, 0.3) is 0 Å². The molecule has 0 N–H and O–H groups in total. The Morgan fingerprint density at radius 1 is 1.14 bits per heavy atom. The first-order chi connectivity index (χ1) is 10.7. The molecule has 22 heavy (non-hydrogen) atoms. The molecule has 1 aliphatic carbocycles. The second-order valence-electron chi connectivity index (χ2n) is 6.15. The SMILES string of the molecule is C=C1CC2(C=CC3(CC2)OCCO3)c2cccc(OC)c2O1. The van der Waals surface area contributed by atoms with Crippen LogP contribution in [0.3, 0.4) is 0 Å². The second-order valence-corrected chi connectivity index (χ2v) is 6.15. The Bertz CT molecular complexity index is 642. The molecule has 2 spiro atoms. The number of benzene rings is 1. The summed E-state index contributed by atoms with van der Waals surface area (Å²) in [7, 11) is 1.66. The zero-order chi connectivity index (χ0) is 15.2. The fraction of sp³-hybridized carbons (Fsp3) is 0.444. The van der Waals surface area contributed by atoms with Crippen LogP contribution in [0.2, 0.25) is 0 Å². The highest BCUT2D eigenvalue weighted by molar-refractivity contribution is 5.55. The molecule has 2 heterocycles. The maximum absolute atomic E-state index is 5.88. The lowest BCUT2D eigenvalue weighted by molar-refractivity contribution is -0.129. The van der Waals surface area contributed by atoms with Crippen molar-refractivity contribution in [2.45, 2.75) is 30.5 Å². The summed E-state index contributed by atoms with van der Waals surface area (Å²) in [6.07, 6.45) is 6.85. The Labute approximate surface area is 130 Å². The topological polar surface area (TPSA) is 36.9 Å². The molecular formula is C18H20O4. The third-order valence-corrected chi connectivity index (χ3v) is 4.85. The van der Waals surface area contributed by atoms with E-state index in [1.54, 1.807) is 7.11 Å². The molecule has 0 bridgehead atoms. The molecular weight excluding hydrogens is 280 g/mol. The number of ether oxygens (including phenoxy) is 4. The normalized spacial score (nSPS) is 28.7. The van der Waals surface area contributed by atoms with E-state index in [2.05, 4.69) is 24.8 Å². The van der Waals surface area contributed by atoms with Crippen molar-refractivity contribution in [3.8, 4) is 11.5 Å². The van der Waals surface area contributed by atoms with Crippen LogP contribution >= 0.6 is 0 Å². The number of allylic oxidation sites excluding steroid dienone is 2. The maximum Gasteiger partial charge on any atom is 0.188 e. The molecule has 3 aliphatic rings. The molecule has 1 aromatic carbocycles. The summed E-state index contributed by atoms with van der Waals surface area (Å²) in [6.45, 7) is 5.38. The maximum atomic E-state index is 5.88. The Morgan fingerprint density at radius 2 is 1.95 bits per heavy atom. The van der Waals surface area contributed by atoms with Crippen LogP contribution in [0.25, 0.3) is 0 Å². The number of para-hydroxylation sites is 1. The van der Waals surface area contributed by atoms with Gasteiger partial charge < -0.3 is 18.9 Å². The molecule has 116 valence electrons. The van der Waals surface area contributed by atoms with Crippen molar-refractivity contribution in [3.63, 3.8) is 0 Å². The summed E-state index contributed by atoms with van der Waals surface area (Å²) in [5.41, 5.74) is 1.04. The van der Waals surface area contributed by atoms with E-state index in [4.69, 9.17) is 18.9 Å². The standard InChI is InChI=1S/C18H20O4/c1-13-12-17(6-8-18(9-7-17)20-10-11-21-18)14-4-3-5-15(19-2)16(14)22-13/h3-6,8H,1,7,9-12H2,2H3. The molecule has 1 atom stereocenters. The largest absolute Gasteiger partial charge is 0.493 e. The van der Waals surface area contributed by atoms with Gasteiger partial charge in [-0.3, -0.25) is 0 Å². The summed E-state index contributed by atoms with van der Waals surface area (Å²) in [5.74, 6) is 1.78. The quantitative estimate of drug-likeness (QED) is 0.746. The minimum atomic E-state index is -0.524. The van der Waals surface area contributed by atoms with Gasteiger partial charge >= 0.3 is 0 Å². The number of fused-ring (bicyclic) bond motifs is 2. The van der Waals surface area contributed by atoms with Crippen LogP contribution in [-0.2, 0) is 14.9 Å². The van der Waals surface area contributed by atoms with Crippen LogP contribution in [0.4, 0.5) is 0 Å². The van der Waals surface area contributed by atoms with E-state index in [0.717, 1.165) is 42.1 Å². The molecule has 0 amide bonds. The molecule has 4 nitrogen and oxygen atoms in total. The summed E-state index contributed by atoms with van der Waals surface area (Å²) in [5, 5.41) is 0. The predicted octanol–water partition coefficient (Wildman–Crippen LogP) is 3.32. The second kappa shape index (κ2) is 4.86. The summed E-state index contributed by atoms with van der Waals surface area (Å²) in [6, 6.07) is 6.04. The van der Waals surface area contributed by atoms with Gasteiger partial charge in [-0.05, 0) is 18.6 Å². The molecule has 1 saturated heterocycles. The van der Waals surface area contributed by atoms with E-state index in [1.807, 2.05) is 12.1 Å². The monoisotopic (exact) mass is 300 g/mol. The van der Waals surface area contributed by atoms with E-state index in [-0.39, 0.29) is 5.41 Å². The Kier molecular flexibility index (Phi) is 3.06. The van der Waals surface area contributed by atoms with Crippen LogP contribution in [0.5, 0.6) is 11.5 Å². The van der Waals surface area contributed by atoms with Crippen LogP contribution < -0.4 is 9.47 Å². The van der Waals surface area contributed by atoms with E-state index < -0.39 is 5.79 Å². The van der Waals surface area contributed by atoms with Crippen molar-refractivity contribution in [1.82, 2.24) is 0 Å². The lowest BCUT2D eigenvalue weighted by Crippen LogP contribution is -2.39. The minimum absolute atomic E-state index is 0.111. The minimum Gasteiger partial charge on any atom is -0.493 e. The van der Waals surface area contributed by atoms with Gasteiger partial charge in [-0.15, -0.1) is 0 Å². The van der Waals surface area contributed by atoms with Crippen LogP contribution in [0.15, 0.2) is 42.7 Å². The van der Waals surface area contributed by atoms with Gasteiger partial charge in [0.05, 0.1) is 26.1 Å². The van der Waals surface area contributed by atoms with Crippen LogP contribution in [-0.4, -0.2) is 26.1 Å². The summed E-state index contributed by atoms with van der Waals surface area (Å²) < 4.78 is 22.9. The fourth-order valence-corrected chi connectivity index (χ4v) is 3.73. The van der Waals surface area contributed by atoms with Crippen molar-refractivity contribution in [2.24, 2.45) is 0 Å². The summed E-state index contributed by atoms with van der Waals surface area (Å²) >= 11 is 0. The van der Waals surface area contributed by atoms with Crippen molar-refractivity contribution in [3.05, 3.63) is 48.3 Å². The molecule has 2 aliphatic heterocycles. The molecule has 1 unspecified atom stereocenters. The van der Waals surface area contributed by atoms with Gasteiger partial charge in [-0.2, -0.15) is 0 Å². The van der Waals surface area contributed by atoms with E-state index in [9.17, 15) is 0 Å².